The number of hydrazine groups is 1. The van der Waals surface area contributed by atoms with E-state index in [0.717, 1.165) is 24.4 Å². The van der Waals surface area contributed by atoms with Gasteiger partial charge in [-0.1, -0.05) is 44.2 Å². The number of aliphatic imine (C=N–C) groups is 1. The first kappa shape index (κ1) is 15.1. The highest BCUT2D eigenvalue weighted by Gasteiger charge is 2.42. The van der Waals surface area contributed by atoms with Gasteiger partial charge in [0.15, 0.2) is 11.7 Å². The van der Waals surface area contributed by atoms with Crippen LogP contribution in [0.25, 0.3) is 0 Å². The van der Waals surface area contributed by atoms with Gasteiger partial charge in [-0.3, -0.25) is 5.01 Å². The zero-order valence-corrected chi connectivity index (χ0v) is 14.2. The summed E-state index contributed by atoms with van der Waals surface area (Å²) in [5.74, 6) is 0.976. The van der Waals surface area contributed by atoms with Crippen LogP contribution < -0.4 is 9.99 Å². The molecule has 0 radical (unpaired) electrons. The third-order valence-corrected chi connectivity index (χ3v) is 5.18. The number of aromatic nitrogens is 1. The van der Waals surface area contributed by atoms with Gasteiger partial charge in [0.2, 0.25) is 11.5 Å². The van der Waals surface area contributed by atoms with Crippen LogP contribution in [0.2, 0.25) is 0 Å². The monoisotopic (exact) mass is 319 g/mol. The summed E-state index contributed by atoms with van der Waals surface area (Å²) in [4.78, 5) is 4.98. The Labute approximate surface area is 143 Å². The molecule has 24 heavy (non-hydrogen) atoms. The van der Waals surface area contributed by atoms with Crippen molar-refractivity contribution in [3.63, 3.8) is 0 Å². The lowest BCUT2D eigenvalue weighted by Gasteiger charge is -2.22. The van der Waals surface area contributed by atoms with Crippen LogP contribution in [0, 0.1) is 0 Å². The predicted molar refractivity (Wildman–Crippen MR) is 95.0 cm³/mol. The van der Waals surface area contributed by atoms with E-state index in [2.05, 4.69) is 89.8 Å². The zero-order chi connectivity index (χ0) is 16.6. The molecule has 1 N–H and O–H groups in total. The summed E-state index contributed by atoms with van der Waals surface area (Å²) in [6, 6.07) is 16.7. The van der Waals surface area contributed by atoms with Gasteiger partial charge in [-0.25, -0.2) is 4.99 Å². The molecule has 4 heteroatoms. The van der Waals surface area contributed by atoms with Crippen LogP contribution in [0.5, 0.6) is 0 Å². The lowest BCUT2D eigenvalue weighted by molar-refractivity contribution is -0.754. The van der Waals surface area contributed by atoms with Gasteiger partial charge in [0, 0.05) is 37.3 Å². The molecule has 2 aliphatic rings. The normalized spacial score (nSPS) is 21.0. The molecule has 0 saturated heterocycles. The Kier molecular flexibility index (Phi) is 3.69. The van der Waals surface area contributed by atoms with Crippen molar-refractivity contribution in [2.75, 3.05) is 0 Å². The number of nitrogens with one attached hydrogen (secondary N) is 1. The van der Waals surface area contributed by atoms with Crippen molar-refractivity contribution in [2.45, 2.75) is 38.4 Å². The summed E-state index contributed by atoms with van der Waals surface area (Å²) in [5, 5.41) is 2.07. The van der Waals surface area contributed by atoms with E-state index >= 15 is 0 Å². The summed E-state index contributed by atoms with van der Waals surface area (Å²) < 4.78 is 2.37. The lowest BCUT2D eigenvalue weighted by atomic mass is 9.92. The Morgan fingerprint density at radius 3 is 2.58 bits per heavy atom. The van der Waals surface area contributed by atoms with E-state index in [0.29, 0.717) is 0 Å². The van der Waals surface area contributed by atoms with Crippen LogP contribution in [0.4, 0.5) is 0 Å². The van der Waals surface area contributed by atoms with E-state index < -0.39 is 0 Å². The summed E-state index contributed by atoms with van der Waals surface area (Å²) in [7, 11) is 0. The number of pyridine rings is 1. The Morgan fingerprint density at radius 1 is 1.08 bits per heavy atom. The minimum Gasteiger partial charge on any atom is -0.259 e. The first-order valence-electron chi connectivity index (χ1n) is 8.66. The van der Waals surface area contributed by atoms with Crippen LogP contribution in [0.3, 0.4) is 0 Å². The Morgan fingerprint density at radius 2 is 1.83 bits per heavy atom. The summed E-state index contributed by atoms with van der Waals surface area (Å²) in [5.41, 5.74) is 5.82. The maximum atomic E-state index is 4.98. The van der Waals surface area contributed by atoms with Crippen molar-refractivity contribution in [3.8, 4) is 0 Å². The first-order chi connectivity index (χ1) is 11.8. The maximum Gasteiger partial charge on any atom is 0.250 e. The smallest absolute Gasteiger partial charge is 0.250 e. The highest BCUT2D eigenvalue weighted by atomic mass is 15.6. The molecule has 4 nitrogen and oxygen atoms in total. The van der Waals surface area contributed by atoms with Crippen molar-refractivity contribution in [1.29, 1.82) is 0 Å². The van der Waals surface area contributed by atoms with Crippen molar-refractivity contribution in [1.82, 2.24) is 10.4 Å². The molecule has 0 bridgehead atoms. The van der Waals surface area contributed by atoms with Gasteiger partial charge < -0.3 is 0 Å². The molecule has 3 heterocycles. The molecule has 1 unspecified atom stereocenters. The highest BCUT2D eigenvalue weighted by molar-refractivity contribution is 5.97. The Bertz CT molecular complexity index is 790. The second-order valence-electron chi connectivity index (χ2n) is 6.35. The molecule has 122 valence electrons. The van der Waals surface area contributed by atoms with Crippen LogP contribution >= 0.6 is 0 Å². The third kappa shape index (κ3) is 2.26. The number of nitrogens with zero attached hydrogens (tertiary/aromatic N) is 3. The molecule has 2 aromatic rings. The van der Waals surface area contributed by atoms with Gasteiger partial charge in [0.25, 0.3) is 0 Å². The fourth-order valence-electron chi connectivity index (χ4n) is 3.63. The Hall–Kier alpha value is -2.46. The van der Waals surface area contributed by atoms with Gasteiger partial charge in [-0.15, -0.1) is 0 Å². The Balaban J connectivity index is 1.83. The summed E-state index contributed by atoms with van der Waals surface area (Å²) in [6.07, 6.45) is 8.67. The van der Waals surface area contributed by atoms with Gasteiger partial charge >= 0.3 is 0 Å². The average molecular weight is 319 g/mol. The molecule has 0 amide bonds. The fourth-order valence-corrected chi connectivity index (χ4v) is 3.63. The van der Waals surface area contributed by atoms with Crippen molar-refractivity contribution >= 4 is 5.84 Å². The van der Waals surface area contributed by atoms with Gasteiger partial charge in [0.05, 0.1) is 0 Å². The second kappa shape index (κ2) is 5.87. The van der Waals surface area contributed by atoms with Gasteiger partial charge in [0.1, 0.15) is 6.17 Å². The van der Waals surface area contributed by atoms with Crippen LogP contribution in [0.15, 0.2) is 72.0 Å². The number of fused-ring (bicyclic) bond motifs is 3. The van der Waals surface area contributed by atoms with Crippen LogP contribution in [-0.4, -0.2) is 10.8 Å². The predicted octanol–water partition coefficient (Wildman–Crippen LogP) is 3.28. The van der Waals surface area contributed by atoms with E-state index in [9.17, 15) is 0 Å². The van der Waals surface area contributed by atoms with E-state index in [-0.39, 0.29) is 11.7 Å². The van der Waals surface area contributed by atoms with Gasteiger partial charge in [-0.05, 0) is 11.6 Å². The minimum atomic E-state index is -0.0461. The largest absolute Gasteiger partial charge is 0.259 e. The number of rotatable bonds is 3. The quantitative estimate of drug-likeness (QED) is 0.880. The molecular formula is C20H23N4+. The van der Waals surface area contributed by atoms with E-state index in [1.165, 1.54) is 5.56 Å². The SMILES string of the molecule is CCC1(CC)C=CN2NC(c3ccccc3)N=C2c2cccc[n+]21. The number of amidine groups is 1. The minimum absolute atomic E-state index is 0.00657. The molecule has 4 rings (SSSR count). The van der Waals surface area contributed by atoms with Crippen molar-refractivity contribution < 1.29 is 4.57 Å². The number of hydrogen-bond acceptors (Lipinski definition) is 3. The molecule has 1 aromatic heterocycles. The number of hydrogen-bond donors (Lipinski definition) is 1. The topological polar surface area (TPSA) is 31.5 Å². The number of benzene rings is 1. The van der Waals surface area contributed by atoms with Crippen LogP contribution in [-0.2, 0) is 5.54 Å². The fraction of sp³-hybridized carbons (Fsp3) is 0.300. The molecule has 0 aliphatic carbocycles. The maximum absolute atomic E-state index is 4.98. The number of allylic oxidation sites excluding steroid dienone is 1. The average Bonchev–Trinajstić information content (AvgIpc) is 3.03. The molecule has 0 spiro atoms. The van der Waals surface area contributed by atoms with Crippen molar-refractivity contribution in [2.24, 2.45) is 4.99 Å². The first-order valence-corrected chi connectivity index (χ1v) is 8.66. The molecule has 0 saturated carbocycles. The van der Waals surface area contributed by atoms with Crippen molar-refractivity contribution in [3.05, 3.63) is 78.3 Å². The van der Waals surface area contributed by atoms with Gasteiger partial charge in [-0.2, -0.15) is 9.99 Å². The molecule has 1 aromatic carbocycles. The lowest BCUT2D eigenvalue weighted by Crippen LogP contribution is -2.57. The highest BCUT2D eigenvalue weighted by Crippen LogP contribution is 2.28. The van der Waals surface area contributed by atoms with Crippen LogP contribution in [0.1, 0.15) is 44.1 Å². The summed E-state index contributed by atoms with van der Waals surface area (Å²) >= 11 is 0. The van der Waals surface area contributed by atoms with E-state index in [4.69, 9.17) is 4.99 Å². The summed E-state index contributed by atoms with van der Waals surface area (Å²) in [6.45, 7) is 4.49. The van der Waals surface area contributed by atoms with E-state index in [1.54, 1.807) is 0 Å². The molecule has 2 aliphatic heterocycles. The van der Waals surface area contributed by atoms with E-state index in [1.807, 2.05) is 6.07 Å². The zero-order valence-electron chi connectivity index (χ0n) is 14.2. The third-order valence-electron chi connectivity index (χ3n) is 5.18. The molecule has 1 atom stereocenters. The molecular weight excluding hydrogens is 296 g/mol. The standard InChI is InChI=1S/C20H23N4/c1-3-20(4-2)13-15-24-19(17-12-8-9-14-23(17)20)21-18(22-24)16-10-6-5-7-11-16/h5-15,18,22H,3-4H2,1-2H3/q+1. The second-order valence-corrected chi connectivity index (χ2v) is 6.35. The molecule has 0 fully saturated rings.